The molecule has 2 aromatic rings. The predicted molar refractivity (Wildman–Crippen MR) is 93.1 cm³/mol. The molecule has 0 amide bonds. The first kappa shape index (κ1) is 15.4. The number of pyridine rings is 1. The summed E-state index contributed by atoms with van der Waals surface area (Å²) in [5, 5.41) is 1.26. The molecule has 2 N–H and O–H groups in total. The summed E-state index contributed by atoms with van der Waals surface area (Å²) in [6, 6.07) is 4.44. The summed E-state index contributed by atoms with van der Waals surface area (Å²) in [5.74, 6) is 0. The van der Waals surface area contributed by atoms with Crippen molar-refractivity contribution in [3.63, 3.8) is 0 Å². The van der Waals surface area contributed by atoms with Crippen LogP contribution in [0.5, 0.6) is 0 Å². The Morgan fingerprint density at radius 2 is 2.00 bits per heavy atom. The smallest absolute Gasteiger partial charge is 0.0714 e. The second-order valence-corrected chi connectivity index (χ2v) is 7.23. The molecule has 0 unspecified atom stereocenters. The minimum Gasteiger partial charge on any atom is -0.322 e. The first-order valence-electron chi connectivity index (χ1n) is 8.25. The van der Waals surface area contributed by atoms with Crippen LogP contribution in [0.25, 0.3) is 10.9 Å². The van der Waals surface area contributed by atoms with Gasteiger partial charge in [0.2, 0.25) is 0 Å². The van der Waals surface area contributed by atoms with Gasteiger partial charge in [0.1, 0.15) is 0 Å². The van der Waals surface area contributed by atoms with Gasteiger partial charge in [-0.15, -0.1) is 0 Å². The first-order chi connectivity index (χ1) is 10.3. The molecule has 0 spiro atoms. The fraction of sp³-hybridized carbons (Fsp3) is 0.526. The van der Waals surface area contributed by atoms with Crippen molar-refractivity contribution in [2.45, 2.75) is 53.1 Å². The highest BCUT2D eigenvalue weighted by atomic mass is 15.1. The van der Waals surface area contributed by atoms with Gasteiger partial charge in [0.15, 0.2) is 0 Å². The first-order valence-corrected chi connectivity index (χ1v) is 8.25. The predicted octanol–water partition coefficient (Wildman–Crippen LogP) is 3.42. The summed E-state index contributed by atoms with van der Waals surface area (Å²) in [4.78, 5) is 7.48. The van der Waals surface area contributed by atoms with E-state index in [-0.39, 0.29) is 5.54 Å². The Hall–Kier alpha value is -1.45. The zero-order valence-corrected chi connectivity index (χ0v) is 14.5. The van der Waals surface area contributed by atoms with E-state index < -0.39 is 0 Å². The van der Waals surface area contributed by atoms with E-state index in [0.717, 1.165) is 31.6 Å². The Labute approximate surface area is 133 Å². The largest absolute Gasteiger partial charge is 0.322 e. The number of likely N-dealkylation sites (N-methyl/N-ethyl adjacent to an activating group) is 1. The maximum absolute atomic E-state index is 6.59. The highest BCUT2D eigenvalue weighted by molar-refractivity contribution is 5.88. The number of hydrogen-bond donors (Lipinski definition) is 1. The zero-order chi connectivity index (χ0) is 16.1. The van der Waals surface area contributed by atoms with E-state index in [9.17, 15) is 0 Å². The van der Waals surface area contributed by atoms with E-state index in [4.69, 9.17) is 10.7 Å². The molecule has 0 atom stereocenters. The van der Waals surface area contributed by atoms with Crippen LogP contribution in [0.15, 0.2) is 12.1 Å². The summed E-state index contributed by atoms with van der Waals surface area (Å²) < 4.78 is 0. The standard InChI is InChI=1S/C19H27N3/c1-6-22-8-7-15-14(11-22)18(19(4,5)20)17-13(3)9-12(2)10-16(17)21-15/h9-10H,6-8,11,20H2,1-5H3. The van der Waals surface area contributed by atoms with Crippen molar-refractivity contribution < 1.29 is 0 Å². The van der Waals surface area contributed by atoms with Crippen molar-refractivity contribution in [1.82, 2.24) is 9.88 Å². The molecule has 0 radical (unpaired) electrons. The molecular formula is C19H27N3. The van der Waals surface area contributed by atoms with Gasteiger partial charge >= 0.3 is 0 Å². The van der Waals surface area contributed by atoms with Gasteiger partial charge in [-0.05, 0) is 62.6 Å². The van der Waals surface area contributed by atoms with Crippen LogP contribution in [0.2, 0.25) is 0 Å². The van der Waals surface area contributed by atoms with E-state index in [1.807, 2.05) is 0 Å². The summed E-state index contributed by atoms with van der Waals surface area (Å²) in [6.45, 7) is 13.9. The minimum absolute atomic E-state index is 0.359. The van der Waals surface area contributed by atoms with Gasteiger partial charge in [-0.2, -0.15) is 0 Å². The van der Waals surface area contributed by atoms with Crippen LogP contribution in [0, 0.1) is 13.8 Å². The monoisotopic (exact) mass is 297 g/mol. The molecule has 0 bridgehead atoms. The third-order valence-electron chi connectivity index (χ3n) is 4.75. The second kappa shape index (κ2) is 5.32. The number of aromatic nitrogens is 1. The van der Waals surface area contributed by atoms with Crippen LogP contribution < -0.4 is 5.73 Å². The Bertz CT molecular complexity index is 726. The minimum atomic E-state index is -0.359. The molecule has 1 aliphatic rings. The lowest BCUT2D eigenvalue weighted by Gasteiger charge is -2.34. The number of nitrogens with two attached hydrogens (primary N) is 1. The van der Waals surface area contributed by atoms with Gasteiger partial charge in [0.25, 0.3) is 0 Å². The summed E-state index contributed by atoms with van der Waals surface area (Å²) in [6.07, 6.45) is 1.02. The molecule has 0 saturated carbocycles. The Morgan fingerprint density at radius 1 is 1.27 bits per heavy atom. The molecule has 1 aromatic carbocycles. The summed E-state index contributed by atoms with van der Waals surface area (Å²) >= 11 is 0. The Morgan fingerprint density at radius 3 is 2.64 bits per heavy atom. The van der Waals surface area contributed by atoms with Crippen LogP contribution >= 0.6 is 0 Å². The van der Waals surface area contributed by atoms with Crippen molar-refractivity contribution in [2.24, 2.45) is 5.73 Å². The molecule has 22 heavy (non-hydrogen) atoms. The molecule has 1 aliphatic heterocycles. The number of rotatable bonds is 2. The van der Waals surface area contributed by atoms with Gasteiger partial charge < -0.3 is 5.73 Å². The lowest BCUT2D eigenvalue weighted by molar-refractivity contribution is 0.263. The van der Waals surface area contributed by atoms with E-state index in [0.29, 0.717) is 0 Å². The Balaban J connectivity index is 2.37. The third-order valence-corrected chi connectivity index (χ3v) is 4.75. The van der Waals surface area contributed by atoms with Gasteiger partial charge in [-0.3, -0.25) is 9.88 Å². The number of benzene rings is 1. The van der Waals surface area contributed by atoms with E-state index in [2.05, 4.69) is 51.7 Å². The van der Waals surface area contributed by atoms with Crippen LogP contribution in [-0.4, -0.2) is 23.0 Å². The lowest BCUT2D eigenvalue weighted by atomic mass is 9.83. The molecule has 0 aliphatic carbocycles. The normalized spacial score (nSPS) is 16.1. The number of aryl methyl sites for hydroxylation is 2. The fourth-order valence-electron chi connectivity index (χ4n) is 3.79. The van der Waals surface area contributed by atoms with E-state index in [1.165, 1.54) is 33.3 Å². The summed E-state index contributed by atoms with van der Waals surface area (Å²) in [5.41, 5.74) is 13.8. The molecule has 3 heteroatoms. The van der Waals surface area contributed by atoms with E-state index >= 15 is 0 Å². The van der Waals surface area contributed by atoms with Crippen molar-refractivity contribution in [1.29, 1.82) is 0 Å². The van der Waals surface area contributed by atoms with Crippen LogP contribution in [0.1, 0.15) is 48.7 Å². The lowest BCUT2D eigenvalue weighted by Crippen LogP contribution is -2.37. The maximum atomic E-state index is 6.59. The molecule has 0 saturated heterocycles. The molecular weight excluding hydrogens is 270 g/mol. The highest BCUT2D eigenvalue weighted by Crippen LogP contribution is 2.36. The quantitative estimate of drug-likeness (QED) is 0.923. The van der Waals surface area contributed by atoms with Crippen LogP contribution in [0.3, 0.4) is 0 Å². The van der Waals surface area contributed by atoms with Gasteiger partial charge in [-0.25, -0.2) is 0 Å². The van der Waals surface area contributed by atoms with Crippen molar-refractivity contribution in [3.05, 3.63) is 40.1 Å². The van der Waals surface area contributed by atoms with Gasteiger partial charge in [0, 0.05) is 36.1 Å². The van der Waals surface area contributed by atoms with Crippen LogP contribution in [0.4, 0.5) is 0 Å². The van der Waals surface area contributed by atoms with Gasteiger partial charge in [-0.1, -0.05) is 13.0 Å². The SMILES string of the molecule is CCN1CCc2nc3cc(C)cc(C)c3c(C(C)(C)N)c2C1. The third kappa shape index (κ3) is 2.53. The second-order valence-electron chi connectivity index (χ2n) is 7.23. The molecule has 3 nitrogen and oxygen atoms in total. The van der Waals surface area contributed by atoms with Crippen molar-refractivity contribution >= 4 is 10.9 Å². The Kier molecular flexibility index (Phi) is 3.74. The topological polar surface area (TPSA) is 42.2 Å². The molecule has 118 valence electrons. The van der Waals surface area contributed by atoms with Crippen molar-refractivity contribution in [3.8, 4) is 0 Å². The van der Waals surface area contributed by atoms with Gasteiger partial charge in [0.05, 0.1) is 5.52 Å². The summed E-state index contributed by atoms with van der Waals surface area (Å²) in [7, 11) is 0. The molecule has 1 aromatic heterocycles. The number of fused-ring (bicyclic) bond motifs is 2. The average molecular weight is 297 g/mol. The molecule has 2 heterocycles. The van der Waals surface area contributed by atoms with Crippen molar-refractivity contribution in [2.75, 3.05) is 13.1 Å². The molecule has 0 fully saturated rings. The maximum Gasteiger partial charge on any atom is 0.0714 e. The molecule has 3 rings (SSSR count). The fourth-order valence-corrected chi connectivity index (χ4v) is 3.79. The highest BCUT2D eigenvalue weighted by Gasteiger charge is 2.28. The average Bonchev–Trinajstić information content (AvgIpc) is 2.43. The van der Waals surface area contributed by atoms with E-state index in [1.54, 1.807) is 0 Å². The van der Waals surface area contributed by atoms with Crippen LogP contribution in [-0.2, 0) is 18.5 Å². The zero-order valence-electron chi connectivity index (χ0n) is 14.5. The number of hydrogen-bond acceptors (Lipinski definition) is 3. The number of nitrogens with zero attached hydrogens (tertiary/aromatic N) is 2.